The molecule has 20 heavy (non-hydrogen) atoms. The molecule has 0 aliphatic carbocycles. The third-order valence-electron chi connectivity index (χ3n) is 3.35. The normalized spacial score (nSPS) is 10.8. The predicted octanol–water partition coefficient (Wildman–Crippen LogP) is 4.12. The Morgan fingerprint density at radius 1 is 1.00 bits per heavy atom. The SMILES string of the molecule is O=c1occ(CCl)cc1Cc1cccc2ccccc12. The summed E-state index contributed by atoms with van der Waals surface area (Å²) in [5.74, 6) is 0.340. The molecule has 0 spiro atoms. The van der Waals surface area contributed by atoms with Crippen LogP contribution in [0.25, 0.3) is 10.8 Å². The van der Waals surface area contributed by atoms with Gasteiger partial charge in [0.15, 0.2) is 0 Å². The van der Waals surface area contributed by atoms with Crippen LogP contribution >= 0.6 is 11.6 Å². The molecule has 0 unspecified atom stereocenters. The first-order chi connectivity index (χ1) is 9.78. The number of halogens is 1. The summed E-state index contributed by atoms with van der Waals surface area (Å²) in [6.45, 7) is 0. The van der Waals surface area contributed by atoms with Crippen LogP contribution in [-0.2, 0) is 12.3 Å². The molecule has 0 fully saturated rings. The van der Waals surface area contributed by atoms with Gasteiger partial charge in [0.25, 0.3) is 0 Å². The third kappa shape index (κ3) is 2.47. The Bertz CT molecular complexity index is 800. The van der Waals surface area contributed by atoms with Crippen LogP contribution in [0, 0.1) is 0 Å². The minimum absolute atomic E-state index is 0.299. The van der Waals surface area contributed by atoms with E-state index in [4.69, 9.17) is 16.0 Å². The summed E-state index contributed by atoms with van der Waals surface area (Å²) < 4.78 is 5.02. The number of hydrogen-bond acceptors (Lipinski definition) is 2. The zero-order chi connectivity index (χ0) is 13.9. The topological polar surface area (TPSA) is 30.2 Å². The summed E-state index contributed by atoms with van der Waals surface area (Å²) in [6.07, 6.45) is 1.97. The summed E-state index contributed by atoms with van der Waals surface area (Å²) in [7, 11) is 0. The standard InChI is InChI=1S/C17H13ClO2/c18-10-12-8-15(17(19)20-11-12)9-14-6-3-5-13-4-1-2-7-16(13)14/h1-8,11H,9-10H2. The van der Waals surface area contributed by atoms with Crippen LogP contribution in [-0.4, -0.2) is 0 Å². The fourth-order valence-electron chi connectivity index (χ4n) is 2.37. The Morgan fingerprint density at radius 2 is 1.80 bits per heavy atom. The van der Waals surface area contributed by atoms with Gasteiger partial charge in [0.05, 0.1) is 12.1 Å². The van der Waals surface area contributed by atoms with Crippen molar-refractivity contribution < 1.29 is 4.42 Å². The van der Waals surface area contributed by atoms with Gasteiger partial charge in [0, 0.05) is 17.5 Å². The molecule has 3 aromatic rings. The van der Waals surface area contributed by atoms with Crippen LogP contribution in [0.5, 0.6) is 0 Å². The average Bonchev–Trinajstić information content (AvgIpc) is 2.50. The second kappa shape index (κ2) is 5.51. The zero-order valence-corrected chi connectivity index (χ0v) is 11.6. The second-order valence-electron chi connectivity index (χ2n) is 4.72. The Morgan fingerprint density at radius 3 is 2.65 bits per heavy atom. The van der Waals surface area contributed by atoms with Gasteiger partial charge in [-0.25, -0.2) is 4.79 Å². The number of hydrogen-bond donors (Lipinski definition) is 0. The predicted molar refractivity (Wildman–Crippen MR) is 81.3 cm³/mol. The van der Waals surface area contributed by atoms with E-state index in [1.54, 1.807) is 0 Å². The molecule has 3 heteroatoms. The Labute approximate surface area is 121 Å². The molecule has 0 radical (unpaired) electrons. The molecule has 0 aliphatic heterocycles. The lowest BCUT2D eigenvalue weighted by Crippen LogP contribution is -2.08. The van der Waals surface area contributed by atoms with Crippen LogP contribution in [0.3, 0.4) is 0 Å². The quantitative estimate of drug-likeness (QED) is 0.677. The smallest absolute Gasteiger partial charge is 0.339 e. The third-order valence-corrected chi connectivity index (χ3v) is 3.66. The molecule has 1 aromatic heterocycles. The van der Waals surface area contributed by atoms with Gasteiger partial charge < -0.3 is 4.42 Å². The molecule has 0 amide bonds. The first kappa shape index (κ1) is 12.9. The first-order valence-electron chi connectivity index (χ1n) is 6.41. The van der Waals surface area contributed by atoms with Crippen molar-refractivity contribution in [3.63, 3.8) is 0 Å². The first-order valence-corrected chi connectivity index (χ1v) is 6.94. The molecule has 0 N–H and O–H groups in total. The highest BCUT2D eigenvalue weighted by Crippen LogP contribution is 2.20. The fraction of sp³-hybridized carbons (Fsp3) is 0.118. The summed E-state index contributed by atoms with van der Waals surface area (Å²) in [4.78, 5) is 11.8. The number of fused-ring (bicyclic) bond motifs is 1. The molecule has 0 aliphatic rings. The van der Waals surface area contributed by atoms with Gasteiger partial charge in [-0.15, -0.1) is 11.6 Å². The molecule has 3 rings (SSSR count). The molecule has 2 aromatic carbocycles. The van der Waals surface area contributed by atoms with Gasteiger partial charge in [-0.05, 0) is 22.4 Å². The van der Waals surface area contributed by atoms with Gasteiger partial charge in [0.1, 0.15) is 0 Å². The Hall–Kier alpha value is -2.06. The second-order valence-corrected chi connectivity index (χ2v) is 4.98. The molecule has 0 saturated heterocycles. The van der Waals surface area contributed by atoms with E-state index in [0.29, 0.717) is 17.9 Å². The van der Waals surface area contributed by atoms with Crippen LogP contribution in [0.1, 0.15) is 16.7 Å². The van der Waals surface area contributed by atoms with Crippen LogP contribution < -0.4 is 5.63 Å². The van der Waals surface area contributed by atoms with E-state index in [-0.39, 0.29) is 5.63 Å². The molecule has 100 valence electrons. The van der Waals surface area contributed by atoms with Crippen molar-refractivity contribution >= 4 is 22.4 Å². The maximum Gasteiger partial charge on any atom is 0.339 e. The highest BCUT2D eigenvalue weighted by Gasteiger charge is 2.07. The fourth-order valence-corrected chi connectivity index (χ4v) is 2.51. The van der Waals surface area contributed by atoms with E-state index >= 15 is 0 Å². The van der Waals surface area contributed by atoms with E-state index < -0.39 is 0 Å². The maximum absolute atomic E-state index is 11.8. The number of benzene rings is 2. The van der Waals surface area contributed by atoms with Gasteiger partial charge in [-0.3, -0.25) is 0 Å². The van der Waals surface area contributed by atoms with Crippen molar-refractivity contribution in [3.05, 3.63) is 81.9 Å². The molecule has 0 saturated carbocycles. The summed E-state index contributed by atoms with van der Waals surface area (Å²) in [5.41, 5.74) is 2.27. The van der Waals surface area contributed by atoms with Crippen LogP contribution in [0.2, 0.25) is 0 Å². The van der Waals surface area contributed by atoms with E-state index in [2.05, 4.69) is 18.2 Å². The lowest BCUT2D eigenvalue weighted by atomic mass is 9.99. The summed E-state index contributed by atoms with van der Waals surface area (Å²) in [6, 6.07) is 16.1. The minimum Gasteiger partial charge on any atom is -0.431 e. The van der Waals surface area contributed by atoms with Crippen molar-refractivity contribution in [3.8, 4) is 0 Å². The van der Waals surface area contributed by atoms with Crippen molar-refractivity contribution in [2.75, 3.05) is 0 Å². The van der Waals surface area contributed by atoms with E-state index in [9.17, 15) is 4.79 Å². The summed E-state index contributed by atoms with van der Waals surface area (Å²) in [5, 5.41) is 2.33. The lowest BCUT2D eigenvalue weighted by Gasteiger charge is -2.06. The Kier molecular flexibility index (Phi) is 3.57. The minimum atomic E-state index is -0.299. The van der Waals surface area contributed by atoms with Gasteiger partial charge >= 0.3 is 5.63 Å². The molecule has 1 heterocycles. The lowest BCUT2D eigenvalue weighted by molar-refractivity contribution is 0.498. The van der Waals surface area contributed by atoms with Crippen molar-refractivity contribution in [1.82, 2.24) is 0 Å². The van der Waals surface area contributed by atoms with E-state index in [1.807, 2.05) is 30.3 Å². The van der Waals surface area contributed by atoms with Gasteiger partial charge in [-0.2, -0.15) is 0 Å². The van der Waals surface area contributed by atoms with E-state index in [1.165, 1.54) is 11.6 Å². The van der Waals surface area contributed by atoms with Gasteiger partial charge in [0.2, 0.25) is 0 Å². The monoisotopic (exact) mass is 284 g/mol. The van der Waals surface area contributed by atoms with Crippen LogP contribution in [0.4, 0.5) is 0 Å². The number of rotatable bonds is 3. The zero-order valence-electron chi connectivity index (χ0n) is 10.8. The maximum atomic E-state index is 11.8. The van der Waals surface area contributed by atoms with Gasteiger partial charge in [-0.1, -0.05) is 42.5 Å². The molecule has 2 nitrogen and oxygen atoms in total. The number of alkyl halides is 1. The average molecular weight is 285 g/mol. The largest absolute Gasteiger partial charge is 0.431 e. The summed E-state index contributed by atoms with van der Waals surface area (Å²) >= 11 is 5.79. The Balaban J connectivity index is 2.08. The van der Waals surface area contributed by atoms with E-state index in [0.717, 1.165) is 16.5 Å². The van der Waals surface area contributed by atoms with Crippen molar-refractivity contribution in [2.45, 2.75) is 12.3 Å². The molecular formula is C17H13ClO2. The van der Waals surface area contributed by atoms with Crippen molar-refractivity contribution in [2.24, 2.45) is 0 Å². The van der Waals surface area contributed by atoms with Crippen LogP contribution in [0.15, 0.2) is 64.0 Å². The highest BCUT2D eigenvalue weighted by atomic mass is 35.5. The van der Waals surface area contributed by atoms with Crippen molar-refractivity contribution in [1.29, 1.82) is 0 Å². The molecule has 0 bridgehead atoms. The highest BCUT2D eigenvalue weighted by molar-refractivity contribution is 6.17. The molecular weight excluding hydrogens is 272 g/mol. The molecule has 0 atom stereocenters.